The van der Waals surface area contributed by atoms with Gasteiger partial charge < -0.3 is 15.6 Å². The van der Waals surface area contributed by atoms with Gasteiger partial charge in [-0.1, -0.05) is 0 Å². The first-order valence-corrected chi connectivity index (χ1v) is 7.05. The average Bonchev–Trinajstić information content (AvgIpc) is 2.39. The number of ether oxygens (including phenoxy) is 1. The maximum atomic E-state index is 12.4. The number of morpholine rings is 1. The first-order valence-electron chi connectivity index (χ1n) is 5.61. The van der Waals surface area contributed by atoms with Gasteiger partial charge in [-0.15, -0.1) is 0 Å². The highest BCUT2D eigenvalue weighted by molar-refractivity contribution is 7.89. The number of nitrogens with two attached hydrogens (primary N) is 1. The molecule has 1 amide bonds. The lowest BCUT2D eigenvalue weighted by molar-refractivity contribution is -0.125. The Morgan fingerprint density at radius 2 is 2.00 bits per heavy atom. The van der Waals surface area contributed by atoms with Crippen molar-refractivity contribution in [2.24, 2.45) is 5.73 Å². The van der Waals surface area contributed by atoms with Crippen LogP contribution in [0.4, 0.5) is 0 Å². The topological polar surface area (TPSA) is 110 Å². The van der Waals surface area contributed by atoms with Crippen LogP contribution in [0.15, 0.2) is 29.2 Å². The molecule has 2 rings (SSSR count). The summed E-state index contributed by atoms with van der Waals surface area (Å²) in [6.45, 7) is 0.227. The molecular weight excluding hydrogens is 272 g/mol. The monoisotopic (exact) mass is 286 g/mol. The Hall–Kier alpha value is -1.64. The number of hydrogen-bond donors (Lipinski definition) is 2. The molecule has 0 spiro atoms. The van der Waals surface area contributed by atoms with Crippen LogP contribution in [0.3, 0.4) is 0 Å². The van der Waals surface area contributed by atoms with E-state index in [1.807, 2.05) is 0 Å². The second-order valence-electron chi connectivity index (χ2n) is 4.10. The molecule has 1 fully saturated rings. The third-order valence-corrected chi connectivity index (χ3v) is 4.77. The highest BCUT2D eigenvalue weighted by Gasteiger charge is 2.37. The predicted octanol–water partition coefficient (Wildman–Crippen LogP) is -0.733. The fraction of sp³-hybridized carbons (Fsp3) is 0.364. The van der Waals surface area contributed by atoms with Gasteiger partial charge in [0, 0.05) is 6.54 Å². The van der Waals surface area contributed by atoms with Crippen LogP contribution in [0.5, 0.6) is 5.75 Å². The first kappa shape index (κ1) is 13.8. The lowest BCUT2D eigenvalue weighted by Crippen LogP contribution is -2.54. The SMILES string of the molecule is NC(=O)C1COCCN1S(=O)(=O)c1ccc(O)cc1. The van der Waals surface area contributed by atoms with Crippen molar-refractivity contribution in [3.8, 4) is 5.75 Å². The number of primary amides is 1. The number of benzene rings is 1. The third kappa shape index (κ3) is 2.70. The molecule has 1 unspecified atom stereocenters. The van der Waals surface area contributed by atoms with E-state index in [0.717, 1.165) is 4.31 Å². The number of rotatable bonds is 3. The van der Waals surface area contributed by atoms with Crippen molar-refractivity contribution in [1.82, 2.24) is 4.31 Å². The summed E-state index contributed by atoms with van der Waals surface area (Å²) in [6.07, 6.45) is 0. The van der Waals surface area contributed by atoms with Gasteiger partial charge in [0.15, 0.2) is 0 Å². The number of hydrogen-bond acceptors (Lipinski definition) is 5. The standard InChI is InChI=1S/C11H14N2O5S/c12-11(15)10-7-18-6-5-13(10)19(16,17)9-3-1-8(14)2-4-9/h1-4,10,14H,5-7H2,(H2,12,15). The fourth-order valence-electron chi connectivity index (χ4n) is 1.85. The van der Waals surface area contributed by atoms with Crippen LogP contribution in [0.1, 0.15) is 0 Å². The Kier molecular flexibility index (Phi) is 3.74. The van der Waals surface area contributed by atoms with Crippen molar-refractivity contribution < 1.29 is 23.1 Å². The molecule has 1 aromatic rings. The number of carbonyl (C=O) groups excluding carboxylic acids is 1. The second kappa shape index (κ2) is 5.16. The van der Waals surface area contributed by atoms with Crippen LogP contribution in [-0.4, -0.2) is 49.5 Å². The van der Waals surface area contributed by atoms with E-state index < -0.39 is 22.0 Å². The molecule has 19 heavy (non-hydrogen) atoms. The molecule has 0 aliphatic carbocycles. The van der Waals surface area contributed by atoms with Crippen molar-refractivity contribution >= 4 is 15.9 Å². The molecule has 1 aliphatic heterocycles. The third-order valence-electron chi connectivity index (χ3n) is 2.85. The Bertz CT molecular complexity index is 569. The van der Waals surface area contributed by atoms with Crippen molar-refractivity contribution in [1.29, 1.82) is 0 Å². The number of amides is 1. The molecule has 3 N–H and O–H groups in total. The summed E-state index contributed by atoms with van der Waals surface area (Å²) in [5, 5.41) is 9.17. The average molecular weight is 286 g/mol. The molecule has 1 saturated heterocycles. The van der Waals surface area contributed by atoms with Gasteiger partial charge in [-0.25, -0.2) is 8.42 Å². The van der Waals surface area contributed by atoms with Crippen molar-refractivity contribution in [2.75, 3.05) is 19.8 Å². The summed E-state index contributed by atoms with van der Waals surface area (Å²) in [4.78, 5) is 11.3. The lowest BCUT2D eigenvalue weighted by Gasteiger charge is -2.32. The molecule has 0 radical (unpaired) electrons. The number of sulfonamides is 1. The van der Waals surface area contributed by atoms with E-state index in [2.05, 4.69) is 0 Å². The van der Waals surface area contributed by atoms with E-state index in [1.54, 1.807) is 0 Å². The molecular formula is C11H14N2O5S. The lowest BCUT2D eigenvalue weighted by atomic mass is 10.3. The quantitative estimate of drug-likeness (QED) is 0.761. The molecule has 1 aromatic carbocycles. The number of phenolic OH excluding ortho intramolecular Hbond substituents is 1. The molecule has 0 saturated carbocycles. The molecule has 104 valence electrons. The zero-order valence-corrected chi connectivity index (χ0v) is 10.8. The second-order valence-corrected chi connectivity index (χ2v) is 5.99. The Balaban J connectivity index is 2.37. The summed E-state index contributed by atoms with van der Waals surface area (Å²) in [7, 11) is -3.83. The largest absolute Gasteiger partial charge is 0.508 e. The highest BCUT2D eigenvalue weighted by Crippen LogP contribution is 2.22. The summed E-state index contributed by atoms with van der Waals surface area (Å²) < 4.78 is 30.9. The zero-order valence-electron chi connectivity index (χ0n) is 10.0. The zero-order chi connectivity index (χ0) is 14.0. The number of carbonyl (C=O) groups is 1. The first-order chi connectivity index (χ1) is 8.93. The van der Waals surface area contributed by atoms with Gasteiger partial charge in [-0.2, -0.15) is 4.31 Å². The Morgan fingerprint density at radius 3 is 2.58 bits per heavy atom. The van der Waals surface area contributed by atoms with Crippen LogP contribution >= 0.6 is 0 Å². The van der Waals surface area contributed by atoms with E-state index >= 15 is 0 Å². The molecule has 8 heteroatoms. The van der Waals surface area contributed by atoms with Crippen LogP contribution in [0.2, 0.25) is 0 Å². The van der Waals surface area contributed by atoms with Crippen LogP contribution in [0.25, 0.3) is 0 Å². The summed E-state index contributed by atoms with van der Waals surface area (Å²) in [6, 6.07) is 4.09. The Labute approximate surface area is 110 Å². The number of phenols is 1. The van der Waals surface area contributed by atoms with E-state index in [-0.39, 0.29) is 30.4 Å². The van der Waals surface area contributed by atoms with E-state index in [9.17, 15) is 18.3 Å². The van der Waals surface area contributed by atoms with Gasteiger partial charge in [0.2, 0.25) is 15.9 Å². The minimum absolute atomic E-state index is 0.00144. The summed E-state index contributed by atoms with van der Waals surface area (Å²) >= 11 is 0. The maximum absolute atomic E-state index is 12.4. The van der Waals surface area contributed by atoms with Gasteiger partial charge in [0.05, 0.1) is 18.1 Å². The van der Waals surface area contributed by atoms with E-state index in [1.165, 1.54) is 24.3 Å². The van der Waals surface area contributed by atoms with Gasteiger partial charge in [-0.3, -0.25) is 4.79 Å². The number of nitrogens with zero attached hydrogens (tertiary/aromatic N) is 1. The predicted molar refractivity (Wildman–Crippen MR) is 65.8 cm³/mol. The summed E-state index contributed by atoms with van der Waals surface area (Å²) in [5.74, 6) is -0.783. The minimum atomic E-state index is -3.83. The minimum Gasteiger partial charge on any atom is -0.508 e. The molecule has 0 aromatic heterocycles. The molecule has 0 bridgehead atoms. The van der Waals surface area contributed by atoms with Crippen molar-refractivity contribution in [2.45, 2.75) is 10.9 Å². The fourth-order valence-corrected chi connectivity index (χ4v) is 3.42. The van der Waals surface area contributed by atoms with Crippen molar-refractivity contribution in [3.05, 3.63) is 24.3 Å². The molecule has 7 nitrogen and oxygen atoms in total. The molecule has 1 heterocycles. The smallest absolute Gasteiger partial charge is 0.243 e. The van der Waals surface area contributed by atoms with Crippen LogP contribution in [-0.2, 0) is 19.6 Å². The van der Waals surface area contributed by atoms with Gasteiger partial charge in [0.1, 0.15) is 11.8 Å². The van der Waals surface area contributed by atoms with Gasteiger partial charge in [-0.05, 0) is 24.3 Å². The van der Waals surface area contributed by atoms with Gasteiger partial charge >= 0.3 is 0 Å². The molecule has 1 aliphatic rings. The van der Waals surface area contributed by atoms with Crippen molar-refractivity contribution in [3.63, 3.8) is 0 Å². The van der Waals surface area contributed by atoms with E-state index in [0.29, 0.717) is 0 Å². The highest BCUT2D eigenvalue weighted by atomic mass is 32.2. The van der Waals surface area contributed by atoms with E-state index in [4.69, 9.17) is 10.5 Å². The summed E-state index contributed by atoms with van der Waals surface area (Å²) in [5.41, 5.74) is 5.19. The molecule has 1 atom stereocenters. The van der Waals surface area contributed by atoms with Crippen LogP contribution < -0.4 is 5.73 Å². The van der Waals surface area contributed by atoms with Crippen LogP contribution in [0, 0.1) is 0 Å². The maximum Gasteiger partial charge on any atom is 0.243 e. The number of aromatic hydroxyl groups is 1. The normalized spacial score (nSPS) is 21.2. The van der Waals surface area contributed by atoms with Gasteiger partial charge in [0.25, 0.3) is 0 Å². The Morgan fingerprint density at radius 1 is 1.37 bits per heavy atom.